The van der Waals surface area contributed by atoms with E-state index in [9.17, 15) is 4.79 Å². The van der Waals surface area contributed by atoms with Crippen LogP contribution in [0.4, 0.5) is 0 Å². The van der Waals surface area contributed by atoms with Crippen molar-refractivity contribution < 1.29 is 14.3 Å². The molecule has 1 aromatic carbocycles. The molecule has 0 aliphatic heterocycles. The number of nitrogens with one attached hydrogen (secondary N) is 1. The van der Waals surface area contributed by atoms with Crippen molar-refractivity contribution >= 4 is 28.5 Å². The molecule has 1 aromatic heterocycles. The van der Waals surface area contributed by atoms with Crippen LogP contribution in [0.1, 0.15) is 10.5 Å². The molecule has 108 valence electrons. The Labute approximate surface area is 133 Å². The fraction of sp³-hybridized carbons (Fsp3) is 0.167. The number of aromatic amines is 1. The van der Waals surface area contributed by atoms with E-state index in [2.05, 4.69) is 15.4 Å². The number of ether oxygens (including phenoxy) is 2. The number of hydrogen-bond acceptors (Lipinski definition) is 6. The van der Waals surface area contributed by atoms with Gasteiger partial charge in [-0.25, -0.2) is 0 Å². The summed E-state index contributed by atoms with van der Waals surface area (Å²) >= 11 is 2.04. The van der Waals surface area contributed by atoms with Crippen LogP contribution in [0.2, 0.25) is 0 Å². The van der Waals surface area contributed by atoms with Gasteiger partial charge in [-0.15, -0.1) is 0 Å². The maximum Gasteiger partial charge on any atom is 0.271 e. The third kappa shape index (κ3) is 3.05. The maximum absolute atomic E-state index is 11.3. The molecule has 0 aliphatic carbocycles. The first-order valence-corrected chi connectivity index (χ1v) is 6.74. The van der Waals surface area contributed by atoms with Gasteiger partial charge in [0.2, 0.25) is 0 Å². The van der Waals surface area contributed by atoms with Gasteiger partial charge in [0.1, 0.15) is 11.8 Å². The second-order valence-corrected chi connectivity index (χ2v) is 4.98. The number of amides is 1. The average molecular weight is 399 g/mol. The number of carbonyl (C=O) groups excluding carboxylic acids is 1. The number of aromatic nitrogens is 3. The SMILES string of the molecule is COc1cc(-c2n[nH]nc2C(N)=O)cc(I)c1OCC#N. The second kappa shape index (κ2) is 6.40. The summed E-state index contributed by atoms with van der Waals surface area (Å²) in [6, 6.07) is 5.27. The van der Waals surface area contributed by atoms with Crippen LogP contribution in [-0.4, -0.2) is 35.0 Å². The summed E-state index contributed by atoms with van der Waals surface area (Å²) in [5.74, 6) is 0.190. The van der Waals surface area contributed by atoms with E-state index in [1.807, 2.05) is 28.7 Å². The highest BCUT2D eigenvalue weighted by Gasteiger charge is 2.19. The van der Waals surface area contributed by atoms with Gasteiger partial charge in [-0.05, 0) is 34.7 Å². The van der Waals surface area contributed by atoms with Gasteiger partial charge in [-0.2, -0.15) is 20.7 Å². The molecule has 0 atom stereocenters. The average Bonchev–Trinajstić information content (AvgIpc) is 2.94. The van der Waals surface area contributed by atoms with Gasteiger partial charge in [-0.3, -0.25) is 4.79 Å². The van der Waals surface area contributed by atoms with Crippen LogP contribution >= 0.6 is 22.6 Å². The van der Waals surface area contributed by atoms with E-state index in [-0.39, 0.29) is 12.3 Å². The van der Waals surface area contributed by atoms with E-state index in [4.69, 9.17) is 20.5 Å². The number of rotatable bonds is 5. The molecule has 0 aliphatic rings. The lowest BCUT2D eigenvalue weighted by Gasteiger charge is -2.12. The molecule has 3 N–H and O–H groups in total. The minimum absolute atomic E-state index is 0.0403. The van der Waals surface area contributed by atoms with Crippen LogP contribution in [0, 0.1) is 14.9 Å². The Morgan fingerprint density at radius 2 is 2.29 bits per heavy atom. The highest BCUT2D eigenvalue weighted by atomic mass is 127. The van der Waals surface area contributed by atoms with E-state index in [1.165, 1.54) is 7.11 Å². The Morgan fingerprint density at radius 1 is 1.52 bits per heavy atom. The number of nitrogens with two attached hydrogens (primary N) is 1. The third-order valence-corrected chi connectivity index (χ3v) is 3.37. The van der Waals surface area contributed by atoms with Crippen molar-refractivity contribution in [1.29, 1.82) is 5.26 Å². The standard InChI is InChI=1S/C12H10IN5O3/c1-20-8-5-6(4-7(13)11(8)21-3-2-14)9-10(12(15)19)17-18-16-9/h4-5H,3H2,1H3,(H2,15,19)(H,16,17,18). The first-order chi connectivity index (χ1) is 10.1. The summed E-state index contributed by atoms with van der Waals surface area (Å²) in [5.41, 5.74) is 6.21. The smallest absolute Gasteiger partial charge is 0.271 e. The molecule has 0 spiro atoms. The molecule has 21 heavy (non-hydrogen) atoms. The van der Waals surface area contributed by atoms with Gasteiger partial charge in [0.15, 0.2) is 23.8 Å². The Balaban J connectivity index is 2.52. The minimum atomic E-state index is -0.683. The van der Waals surface area contributed by atoms with Crippen LogP contribution in [0.15, 0.2) is 12.1 Å². The topological polar surface area (TPSA) is 127 Å². The maximum atomic E-state index is 11.3. The van der Waals surface area contributed by atoms with Crippen molar-refractivity contribution in [3.05, 3.63) is 21.4 Å². The Bertz CT molecular complexity index is 722. The Hall–Kier alpha value is -2.35. The third-order valence-electron chi connectivity index (χ3n) is 2.57. The number of primary amides is 1. The van der Waals surface area contributed by atoms with Crippen LogP contribution in [0.25, 0.3) is 11.3 Å². The quantitative estimate of drug-likeness (QED) is 0.725. The molecular formula is C12H10IN5O3. The number of halogens is 1. The molecule has 0 bridgehead atoms. The van der Waals surface area contributed by atoms with Gasteiger partial charge < -0.3 is 15.2 Å². The number of methoxy groups -OCH3 is 1. The van der Waals surface area contributed by atoms with Crippen molar-refractivity contribution in [1.82, 2.24) is 15.4 Å². The van der Waals surface area contributed by atoms with E-state index in [0.29, 0.717) is 26.3 Å². The molecule has 2 rings (SSSR count). The van der Waals surface area contributed by atoms with Crippen molar-refractivity contribution in [3.63, 3.8) is 0 Å². The molecule has 8 nitrogen and oxygen atoms in total. The number of benzene rings is 1. The molecule has 0 saturated carbocycles. The first-order valence-electron chi connectivity index (χ1n) is 5.66. The molecule has 2 aromatic rings. The Morgan fingerprint density at radius 3 is 2.90 bits per heavy atom. The monoisotopic (exact) mass is 399 g/mol. The van der Waals surface area contributed by atoms with Crippen LogP contribution in [-0.2, 0) is 0 Å². The lowest BCUT2D eigenvalue weighted by Crippen LogP contribution is -2.12. The molecule has 9 heteroatoms. The highest BCUT2D eigenvalue weighted by Crippen LogP contribution is 2.37. The zero-order chi connectivity index (χ0) is 15.4. The van der Waals surface area contributed by atoms with Crippen LogP contribution < -0.4 is 15.2 Å². The first kappa shape index (κ1) is 15.0. The van der Waals surface area contributed by atoms with Gasteiger partial charge in [0.05, 0.1) is 10.7 Å². The number of hydrogen-bond donors (Lipinski definition) is 2. The number of nitriles is 1. The lowest BCUT2D eigenvalue weighted by molar-refractivity contribution is 0.0996. The van der Waals surface area contributed by atoms with Crippen LogP contribution in [0.3, 0.4) is 0 Å². The van der Waals surface area contributed by atoms with Crippen molar-refractivity contribution in [2.75, 3.05) is 13.7 Å². The summed E-state index contributed by atoms with van der Waals surface area (Å²) < 4.78 is 11.3. The van der Waals surface area contributed by atoms with E-state index >= 15 is 0 Å². The normalized spacial score (nSPS) is 9.95. The fourth-order valence-electron chi connectivity index (χ4n) is 1.71. The highest BCUT2D eigenvalue weighted by molar-refractivity contribution is 14.1. The lowest BCUT2D eigenvalue weighted by atomic mass is 10.1. The number of nitrogens with zero attached hydrogens (tertiary/aromatic N) is 3. The van der Waals surface area contributed by atoms with Gasteiger partial charge >= 0.3 is 0 Å². The van der Waals surface area contributed by atoms with Gasteiger partial charge in [-0.1, -0.05) is 0 Å². The largest absolute Gasteiger partial charge is 0.493 e. The number of H-pyrrole nitrogens is 1. The summed E-state index contributed by atoms with van der Waals surface area (Å²) in [5, 5.41) is 18.6. The Kier molecular flexibility index (Phi) is 4.59. The second-order valence-electron chi connectivity index (χ2n) is 3.82. The number of carbonyl (C=O) groups is 1. The molecular weight excluding hydrogens is 389 g/mol. The van der Waals surface area contributed by atoms with E-state index in [1.54, 1.807) is 12.1 Å². The zero-order valence-corrected chi connectivity index (χ0v) is 13.0. The molecule has 1 heterocycles. The van der Waals surface area contributed by atoms with Crippen molar-refractivity contribution in [2.45, 2.75) is 0 Å². The van der Waals surface area contributed by atoms with Crippen LogP contribution in [0.5, 0.6) is 11.5 Å². The fourth-order valence-corrected chi connectivity index (χ4v) is 2.46. The molecule has 0 unspecified atom stereocenters. The van der Waals surface area contributed by atoms with Crippen molar-refractivity contribution in [2.24, 2.45) is 5.73 Å². The predicted octanol–water partition coefficient (Wildman–Crippen LogP) is 1.09. The summed E-state index contributed by atoms with van der Waals surface area (Å²) in [6.07, 6.45) is 0. The van der Waals surface area contributed by atoms with E-state index < -0.39 is 5.91 Å². The predicted molar refractivity (Wildman–Crippen MR) is 80.7 cm³/mol. The zero-order valence-electron chi connectivity index (χ0n) is 10.9. The molecule has 1 amide bonds. The molecule has 0 fully saturated rings. The molecule has 0 saturated heterocycles. The van der Waals surface area contributed by atoms with Gasteiger partial charge in [0, 0.05) is 5.56 Å². The summed E-state index contributed by atoms with van der Waals surface area (Å²) in [7, 11) is 1.48. The summed E-state index contributed by atoms with van der Waals surface area (Å²) in [4.78, 5) is 11.3. The van der Waals surface area contributed by atoms with Gasteiger partial charge in [0.25, 0.3) is 5.91 Å². The van der Waals surface area contributed by atoms with E-state index in [0.717, 1.165) is 0 Å². The minimum Gasteiger partial charge on any atom is -0.493 e. The molecule has 0 radical (unpaired) electrons. The van der Waals surface area contributed by atoms with Crippen molar-refractivity contribution in [3.8, 4) is 28.8 Å². The summed E-state index contributed by atoms with van der Waals surface area (Å²) in [6.45, 7) is -0.0950.